The molecule has 0 spiro atoms. The minimum Gasteiger partial charge on any atom is -0.489 e. The number of nitrogens with zero attached hydrogens (tertiary/aromatic N) is 1. The molecule has 4 rings (SSSR count). The van der Waals surface area contributed by atoms with Gasteiger partial charge in [-0.15, -0.1) is 0 Å². The van der Waals surface area contributed by atoms with Crippen LogP contribution >= 0.6 is 11.6 Å². The van der Waals surface area contributed by atoms with Crippen molar-refractivity contribution < 1.29 is 14.3 Å². The van der Waals surface area contributed by atoms with Crippen molar-refractivity contribution in [1.29, 1.82) is 0 Å². The molecule has 0 saturated heterocycles. The molecular weight excluding hydrogens is 326 g/mol. The third-order valence-corrected chi connectivity index (χ3v) is 4.69. The molecule has 2 aromatic carbocycles. The molecule has 2 heterocycles. The van der Waals surface area contributed by atoms with Crippen LogP contribution in [-0.4, -0.2) is 25.7 Å². The minimum absolute atomic E-state index is 0.0745. The quantitative estimate of drug-likeness (QED) is 0.835. The highest BCUT2D eigenvalue weighted by atomic mass is 35.5. The Balaban J connectivity index is 1.57. The number of amides is 1. The van der Waals surface area contributed by atoms with Crippen molar-refractivity contribution >= 4 is 23.2 Å². The van der Waals surface area contributed by atoms with Crippen LogP contribution < -0.4 is 14.4 Å². The molecule has 0 atom stereocenters. The zero-order valence-corrected chi connectivity index (χ0v) is 14.0. The third-order valence-electron chi connectivity index (χ3n) is 4.41. The molecule has 0 fully saturated rings. The van der Waals surface area contributed by atoms with Crippen LogP contribution in [0.4, 0.5) is 5.69 Å². The predicted molar refractivity (Wildman–Crippen MR) is 93.3 cm³/mol. The van der Waals surface area contributed by atoms with Crippen molar-refractivity contribution in [3.63, 3.8) is 0 Å². The summed E-state index contributed by atoms with van der Waals surface area (Å²) in [7, 11) is 0. The zero-order valence-electron chi connectivity index (χ0n) is 13.3. The molecule has 2 aliphatic heterocycles. The van der Waals surface area contributed by atoms with Gasteiger partial charge < -0.3 is 14.4 Å². The maximum atomic E-state index is 12.7. The lowest BCUT2D eigenvalue weighted by atomic mass is 10.1. The molecule has 0 radical (unpaired) electrons. The van der Waals surface area contributed by atoms with Crippen LogP contribution in [0.3, 0.4) is 0 Å². The maximum absolute atomic E-state index is 12.7. The van der Waals surface area contributed by atoms with E-state index in [1.54, 1.807) is 6.07 Å². The highest BCUT2D eigenvalue weighted by Crippen LogP contribution is 2.38. The van der Waals surface area contributed by atoms with Crippen LogP contribution in [0.1, 0.15) is 17.5 Å². The summed E-state index contributed by atoms with van der Waals surface area (Å²) in [6.07, 6.45) is 2.03. The lowest BCUT2D eigenvalue weighted by molar-refractivity contribution is -0.117. The lowest BCUT2D eigenvalue weighted by Gasteiger charge is -2.18. The van der Waals surface area contributed by atoms with Crippen LogP contribution in [0.5, 0.6) is 11.5 Å². The molecule has 0 aliphatic carbocycles. The van der Waals surface area contributed by atoms with Gasteiger partial charge in [-0.2, -0.15) is 0 Å². The van der Waals surface area contributed by atoms with Gasteiger partial charge in [0.1, 0.15) is 0 Å². The Morgan fingerprint density at radius 1 is 1.17 bits per heavy atom. The van der Waals surface area contributed by atoms with Gasteiger partial charge in [-0.1, -0.05) is 29.8 Å². The Bertz CT molecular complexity index is 790. The van der Waals surface area contributed by atoms with E-state index in [0.717, 1.165) is 30.6 Å². The van der Waals surface area contributed by atoms with Gasteiger partial charge in [0.25, 0.3) is 0 Å². The van der Waals surface area contributed by atoms with Gasteiger partial charge in [-0.3, -0.25) is 4.79 Å². The number of carbonyl (C=O) groups is 1. The van der Waals surface area contributed by atoms with Crippen LogP contribution in [-0.2, 0) is 17.6 Å². The van der Waals surface area contributed by atoms with E-state index in [1.807, 2.05) is 29.2 Å². The molecule has 0 saturated carbocycles. The van der Waals surface area contributed by atoms with Crippen molar-refractivity contribution in [3.05, 3.63) is 52.5 Å². The molecule has 0 N–H and O–H groups in total. The number of halogens is 1. The van der Waals surface area contributed by atoms with Crippen molar-refractivity contribution in [2.75, 3.05) is 24.7 Å². The van der Waals surface area contributed by atoms with E-state index < -0.39 is 0 Å². The van der Waals surface area contributed by atoms with E-state index in [0.29, 0.717) is 36.2 Å². The monoisotopic (exact) mass is 343 g/mol. The molecule has 0 unspecified atom stereocenters. The topological polar surface area (TPSA) is 38.8 Å². The summed E-state index contributed by atoms with van der Waals surface area (Å²) in [4.78, 5) is 14.6. The molecule has 4 nitrogen and oxygen atoms in total. The molecular formula is C19H18ClNO3. The predicted octanol–water partition coefficient (Wildman–Crippen LogP) is 3.63. The smallest absolute Gasteiger partial charge is 0.231 e. The van der Waals surface area contributed by atoms with Gasteiger partial charge in [0.2, 0.25) is 5.91 Å². The average molecular weight is 344 g/mol. The molecule has 1 amide bonds. The number of fused-ring (bicyclic) bond motifs is 2. The molecule has 124 valence electrons. The molecule has 24 heavy (non-hydrogen) atoms. The second-order valence-electron chi connectivity index (χ2n) is 6.06. The number of anilines is 1. The minimum atomic E-state index is 0.0745. The fraction of sp³-hybridized carbons (Fsp3) is 0.316. The number of hydrogen-bond acceptors (Lipinski definition) is 3. The van der Waals surface area contributed by atoms with Crippen molar-refractivity contribution in [2.24, 2.45) is 0 Å². The Morgan fingerprint density at radius 2 is 2.00 bits per heavy atom. The highest BCUT2D eigenvalue weighted by molar-refractivity contribution is 6.32. The fourth-order valence-electron chi connectivity index (χ4n) is 3.25. The second-order valence-corrected chi connectivity index (χ2v) is 6.46. The molecule has 0 aromatic heterocycles. The first kappa shape index (κ1) is 15.3. The molecule has 2 aromatic rings. The highest BCUT2D eigenvalue weighted by Gasteiger charge is 2.25. The Kier molecular flexibility index (Phi) is 4.07. The summed E-state index contributed by atoms with van der Waals surface area (Å²) in [6, 6.07) is 11.7. The number of carbonyl (C=O) groups excluding carboxylic acids is 1. The first-order valence-corrected chi connectivity index (χ1v) is 8.56. The van der Waals surface area contributed by atoms with Gasteiger partial charge in [-0.25, -0.2) is 0 Å². The summed E-state index contributed by atoms with van der Waals surface area (Å²) in [5.74, 6) is 1.28. The van der Waals surface area contributed by atoms with E-state index in [2.05, 4.69) is 6.07 Å². The molecule has 0 bridgehead atoms. The lowest BCUT2D eigenvalue weighted by Crippen LogP contribution is -2.30. The first-order valence-electron chi connectivity index (χ1n) is 8.18. The standard InChI is InChI=1S/C19H18ClNO3/c20-15-10-13(11-17-19(15)24-9-3-8-23-17)12-18(22)21-7-6-14-4-1-2-5-16(14)21/h1-2,4-5,10-11H,3,6-9,12H2. The summed E-state index contributed by atoms with van der Waals surface area (Å²) in [6.45, 7) is 1.92. The van der Waals surface area contributed by atoms with E-state index in [1.165, 1.54) is 5.56 Å². The average Bonchev–Trinajstić information content (AvgIpc) is 2.86. The SMILES string of the molecule is O=C(Cc1cc(Cl)c2c(c1)OCCCO2)N1CCc2ccccc21. The van der Waals surface area contributed by atoms with E-state index in [9.17, 15) is 4.79 Å². The number of para-hydroxylation sites is 1. The largest absolute Gasteiger partial charge is 0.489 e. The van der Waals surface area contributed by atoms with Crippen LogP contribution in [0.2, 0.25) is 5.02 Å². The van der Waals surface area contributed by atoms with Gasteiger partial charge in [0.15, 0.2) is 11.5 Å². The Labute approximate surface area is 145 Å². The Hall–Kier alpha value is -2.20. The summed E-state index contributed by atoms with van der Waals surface area (Å²) in [5, 5.41) is 0.499. The van der Waals surface area contributed by atoms with Crippen LogP contribution in [0, 0.1) is 0 Å². The van der Waals surface area contributed by atoms with Gasteiger partial charge in [0.05, 0.1) is 24.7 Å². The van der Waals surface area contributed by atoms with E-state index >= 15 is 0 Å². The summed E-state index contributed by atoms with van der Waals surface area (Å²) < 4.78 is 11.3. The summed E-state index contributed by atoms with van der Waals surface area (Å²) >= 11 is 6.31. The summed E-state index contributed by atoms with van der Waals surface area (Å²) in [5.41, 5.74) is 3.09. The molecule has 2 aliphatic rings. The van der Waals surface area contributed by atoms with Crippen LogP contribution in [0.25, 0.3) is 0 Å². The third kappa shape index (κ3) is 2.82. The molecule has 5 heteroatoms. The number of benzene rings is 2. The van der Waals surface area contributed by atoms with Gasteiger partial charge >= 0.3 is 0 Å². The Morgan fingerprint density at radius 3 is 2.92 bits per heavy atom. The van der Waals surface area contributed by atoms with Crippen molar-refractivity contribution in [1.82, 2.24) is 0 Å². The van der Waals surface area contributed by atoms with Gasteiger partial charge in [-0.05, 0) is 35.7 Å². The first-order chi connectivity index (χ1) is 11.7. The van der Waals surface area contributed by atoms with Crippen molar-refractivity contribution in [3.8, 4) is 11.5 Å². The normalized spacial score (nSPS) is 15.8. The van der Waals surface area contributed by atoms with Crippen molar-refractivity contribution in [2.45, 2.75) is 19.3 Å². The number of rotatable bonds is 2. The fourth-order valence-corrected chi connectivity index (χ4v) is 3.54. The second kappa shape index (κ2) is 6.36. The van der Waals surface area contributed by atoms with E-state index in [-0.39, 0.29) is 5.91 Å². The maximum Gasteiger partial charge on any atom is 0.231 e. The van der Waals surface area contributed by atoms with Crippen LogP contribution in [0.15, 0.2) is 36.4 Å². The number of hydrogen-bond donors (Lipinski definition) is 0. The van der Waals surface area contributed by atoms with E-state index in [4.69, 9.17) is 21.1 Å². The van der Waals surface area contributed by atoms with Gasteiger partial charge in [0, 0.05) is 18.7 Å². The zero-order chi connectivity index (χ0) is 16.5. The number of ether oxygens (including phenoxy) is 2.